The average Bonchev–Trinajstić information content (AvgIpc) is 3.00. The summed E-state index contributed by atoms with van der Waals surface area (Å²) in [6.45, 7) is 6.36. The smallest absolute Gasteiger partial charge is 0.267 e. The van der Waals surface area contributed by atoms with Crippen LogP contribution in [0.2, 0.25) is 0 Å². The van der Waals surface area contributed by atoms with Crippen molar-refractivity contribution >= 4 is 27.4 Å². The molecule has 2 unspecified atom stereocenters. The Labute approximate surface area is 172 Å². The van der Waals surface area contributed by atoms with Gasteiger partial charge in [-0.3, -0.25) is 9.59 Å². The highest BCUT2D eigenvalue weighted by molar-refractivity contribution is 7.91. The summed E-state index contributed by atoms with van der Waals surface area (Å²) in [6.07, 6.45) is 1.54. The predicted molar refractivity (Wildman–Crippen MR) is 112 cm³/mol. The number of hydrogen-bond donors (Lipinski definition) is 1. The van der Waals surface area contributed by atoms with Crippen LogP contribution in [-0.4, -0.2) is 48.5 Å². The van der Waals surface area contributed by atoms with E-state index in [4.69, 9.17) is 0 Å². The van der Waals surface area contributed by atoms with Crippen molar-refractivity contribution in [3.8, 4) is 0 Å². The minimum atomic E-state index is -3.15. The molecule has 1 saturated heterocycles. The normalized spacial score (nSPS) is 22.9. The fourth-order valence-electron chi connectivity index (χ4n) is 3.78. The van der Waals surface area contributed by atoms with Crippen molar-refractivity contribution in [2.24, 2.45) is 10.5 Å². The molecule has 2 aliphatic rings. The van der Waals surface area contributed by atoms with Crippen LogP contribution in [0, 0.1) is 5.41 Å². The van der Waals surface area contributed by atoms with Gasteiger partial charge < -0.3 is 5.32 Å². The minimum absolute atomic E-state index is 0.00235. The van der Waals surface area contributed by atoms with Crippen LogP contribution < -0.4 is 5.32 Å². The van der Waals surface area contributed by atoms with Gasteiger partial charge in [0.2, 0.25) is 5.91 Å². The maximum absolute atomic E-state index is 13.0. The Hall–Kier alpha value is -2.22. The van der Waals surface area contributed by atoms with Crippen molar-refractivity contribution in [2.75, 3.05) is 11.5 Å². The van der Waals surface area contributed by atoms with E-state index in [1.165, 1.54) is 5.01 Å². The Morgan fingerprint density at radius 3 is 2.52 bits per heavy atom. The molecule has 158 valence electrons. The Morgan fingerprint density at radius 2 is 1.93 bits per heavy atom. The highest BCUT2D eigenvalue weighted by Crippen LogP contribution is 2.30. The second-order valence-electron chi connectivity index (χ2n) is 9.04. The van der Waals surface area contributed by atoms with Gasteiger partial charge in [0.25, 0.3) is 5.91 Å². The molecule has 0 saturated carbocycles. The van der Waals surface area contributed by atoms with Gasteiger partial charge in [-0.15, -0.1) is 0 Å². The third-order valence-corrected chi connectivity index (χ3v) is 6.95. The molecule has 2 atom stereocenters. The molecule has 3 rings (SSSR count). The molecule has 0 spiro atoms. The summed E-state index contributed by atoms with van der Waals surface area (Å²) in [5.41, 5.74) is 1.30. The van der Waals surface area contributed by atoms with Crippen molar-refractivity contribution in [2.45, 2.75) is 58.5 Å². The number of benzene rings is 1. The maximum atomic E-state index is 13.0. The van der Waals surface area contributed by atoms with Gasteiger partial charge in [0.15, 0.2) is 9.84 Å². The summed E-state index contributed by atoms with van der Waals surface area (Å²) >= 11 is 0. The lowest BCUT2D eigenvalue weighted by Crippen LogP contribution is -2.44. The molecule has 2 heterocycles. The molecule has 2 aliphatic heterocycles. The Kier molecular flexibility index (Phi) is 6.12. The Bertz CT molecular complexity index is 904. The Balaban J connectivity index is 1.78. The summed E-state index contributed by atoms with van der Waals surface area (Å²) < 4.78 is 23.6. The quantitative estimate of drug-likeness (QED) is 0.793. The van der Waals surface area contributed by atoms with Crippen LogP contribution in [-0.2, 0) is 19.4 Å². The van der Waals surface area contributed by atoms with Crippen molar-refractivity contribution in [1.82, 2.24) is 10.3 Å². The molecule has 1 aromatic rings. The monoisotopic (exact) mass is 419 g/mol. The second-order valence-corrected chi connectivity index (χ2v) is 11.3. The van der Waals surface area contributed by atoms with E-state index in [9.17, 15) is 18.0 Å². The lowest BCUT2D eigenvalue weighted by atomic mass is 9.85. The van der Waals surface area contributed by atoms with E-state index in [1.807, 2.05) is 30.3 Å². The molecule has 1 aromatic carbocycles. The van der Waals surface area contributed by atoms with Gasteiger partial charge in [0, 0.05) is 12.8 Å². The minimum Gasteiger partial charge on any atom is -0.344 e. The number of nitrogens with one attached hydrogen (secondary N) is 1. The Morgan fingerprint density at radius 1 is 1.24 bits per heavy atom. The summed E-state index contributed by atoms with van der Waals surface area (Å²) in [7, 11) is -3.15. The highest BCUT2D eigenvalue weighted by atomic mass is 32.2. The molecule has 2 amide bonds. The number of rotatable bonds is 5. The molecule has 1 N–H and O–H groups in total. The van der Waals surface area contributed by atoms with Crippen LogP contribution >= 0.6 is 0 Å². The summed E-state index contributed by atoms with van der Waals surface area (Å²) in [5.74, 6) is -0.562. The molecular formula is C21H29N3O4S. The van der Waals surface area contributed by atoms with E-state index in [2.05, 4.69) is 31.2 Å². The first-order chi connectivity index (χ1) is 13.5. The lowest BCUT2D eigenvalue weighted by molar-refractivity contribution is -0.133. The van der Waals surface area contributed by atoms with Crippen molar-refractivity contribution < 1.29 is 18.0 Å². The average molecular weight is 420 g/mol. The third kappa shape index (κ3) is 5.65. The highest BCUT2D eigenvalue weighted by Gasteiger charge is 2.37. The van der Waals surface area contributed by atoms with E-state index in [0.29, 0.717) is 6.42 Å². The predicted octanol–water partition coefficient (Wildman–Crippen LogP) is 2.45. The molecule has 0 bridgehead atoms. The third-order valence-electron chi connectivity index (χ3n) is 5.20. The molecule has 0 radical (unpaired) electrons. The van der Waals surface area contributed by atoms with Crippen LogP contribution in [0.15, 0.2) is 35.4 Å². The number of hydrazone groups is 1. The maximum Gasteiger partial charge on any atom is 0.267 e. The van der Waals surface area contributed by atoms with Gasteiger partial charge in [-0.25, -0.2) is 13.4 Å². The van der Waals surface area contributed by atoms with Gasteiger partial charge in [-0.05, 0) is 23.8 Å². The van der Waals surface area contributed by atoms with E-state index < -0.39 is 15.9 Å². The van der Waals surface area contributed by atoms with E-state index >= 15 is 0 Å². The van der Waals surface area contributed by atoms with Crippen LogP contribution in [0.5, 0.6) is 0 Å². The van der Waals surface area contributed by atoms with Crippen molar-refractivity contribution in [1.29, 1.82) is 0 Å². The molecule has 0 aliphatic carbocycles. The largest absolute Gasteiger partial charge is 0.344 e. The molecule has 0 aromatic heterocycles. The van der Waals surface area contributed by atoms with Gasteiger partial charge in [-0.2, -0.15) is 5.10 Å². The van der Waals surface area contributed by atoms with E-state index in [1.54, 1.807) is 0 Å². The van der Waals surface area contributed by atoms with Gasteiger partial charge in [-0.1, -0.05) is 51.1 Å². The standard InChI is InChI=1S/C21H29N3O4S/c1-21(2,3)13-18(15-7-5-4-6-8-15)22-20(26)17-9-10-19(25)24(23-17)16-11-12-29(27,28)14-16/h4-8,16,18H,9-14H2,1-3H3,(H,22,26). The zero-order chi connectivity index (χ0) is 21.2. The fourth-order valence-corrected chi connectivity index (χ4v) is 5.47. The first-order valence-electron chi connectivity index (χ1n) is 10.00. The fraction of sp³-hybridized carbons (Fsp3) is 0.571. The SMILES string of the molecule is CC(C)(C)CC(NC(=O)C1=NN(C2CCS(=O)(=O)C2)C(=O)CC1)c1ccccc1. The first-order valence-corrected chi connectivity index (χ1v) is 11.8. The van der Waals surface area contributed by atoms with Gasteiger partial charge >= 0.3 is 0 Å². The number of amides is 2. The van der Waals surface area contributed by atoms with Crippen LogP contribution in [0.3, 0.4) is 0 Å². The van der Waals surface area contributed by atoms with Crippen LogP contribution in [0.4, 0.5) is 0 Å². The molecule has 7 nitrogen and oxygen atoms in total. The topological polar surface area (TPSA) is 95.9 Å². The first kappa shape index (κ1) is 21.5. The van der Waals surface area contributed by atoms with Crippen molar-refractivity contribution in [3.63, 3.8) is 0 Å². The zero-order valence-corrected chi connectivity index (χ0v) is 18.0. The zero-order valence-electron chi connectivity index (χ0n) is 17.2. The number of carbonyl (C=O) groups excluding carboxylic acids is 2. The van der Waals surface area contributed by atoms with Gasteiger partial charge in [0.05, 0.1) is 23.6 Å². The van der Waals surface area contributed by atoms with Crippen LogP contribution in [0.25, 0.3) is 0 Å². The lowest BCUT2D eigenvalue weighted by Gasteiger charge is -2.30. The van der Waals surface area contributed by atoms with Crippen LogP contribution in [0.1, 0.15) is 58.1 Å². The second kappa shape index (κ2) is 8.26. The van der Waals surface area contributed by atoms with Crippen molar-refractivity contribution in [3.05, 3.63) is 35.9 Å². The van der Waals surface area contributed by atoms with Gasteiger partial charge in [0.1, 0.15) is 5.71 Å². The number of nitrogens with zero attached hydrogens (tertiary/aromatic N) is 2. The molecule has 1 fully saturated rings. The number of carbonyl (C=O) groups is 2. The molecular weight excluding hydrogens is 390 g/mol. The number of hydrogen-bond acceptors (Lipinski definition) is 5. The number of sulfone groups is 1. The van der Waals surface area contributed by atoms with E-state index in [0.717, 1.165) is 12.0 Å². The summed E-state index contributed by atoms with van der Waals surface area (Å²) in [6, 6.07) is 9.13. The molecule has 29 heavy (non-hydrogen) atoms. The van der Waals surface area contributed by atoms with E-state index in [-0.39, 0.29) is 53.3 Å². The summed E-state index contributed by atoms with van der Waals surface area (Å²) in [4.78, 5) is 25.2. The molecule has 8 heteroatoms. The summed E-state index contributed by atoms with van der Waals surface area (Å²) in [5, 5.41) is 8.58.